The second-order valence-electron chi connectivity index (χ2n) is 12.3. The molecule has 8 heteroatoms. The van der Waals surface area contributed by atoms with E-state index in [2.05, 4.69) is 65.8 Å². The number of aromatic nitrogens is 4. The smallest absolute Gasteiger partial charge is 0.202 e. The summed E-state index contributed by atoms with van der Waals surface area (Å²) in [5.41, 5.74) is 5.51. The highest BCUT2D eigenvalue weighted by atomic mass is 16.3. The highest BCUT2D eigenvalue weighted by molar-refractivity contribution is 5.95. The molecule has 1 aliphatic heterocycles. The predicted octanol–water partition coefficient (Wildman–Crippen LogP) is 5.73. The van der Waals surface area contributed by atoms with Crippen molar-refractivity contribution in [3.63, 3.8) is 0 Å². The summed E-state index contributed by atoms with van der Waals surface area (Å²) in [5.74, 6) is 1.84. The van der Waals surface area contributed by atoms with Gasteiger partial charge in [-0.1, -0.05) is 52.0 Å². The molecule has 5 rings (SSSR count). The number of Topliss-reactive ketones (excluding diaryl/α,β-unsaturated/α-hetero) is 1. The van der Waals surface area contributed by atoms with E-state index in [0.29, 0.717) is 11.7 Å². The van der Waals surface area contributed by atoms with Crippen molar-refractivity contribution in [1.29, 1.82) is 0 Å². The molecule has 0 N–H and O–H groups in total. The summed E-state index contributed by atoms with van der Waals surface area (Å²) in [4.78, 5) is 22.4. The third-order valence-corrected chi connectivity index (χ3v) is 7.38. The highest BCUT2D eigenvalue weighted by Crippen LogP contribution is 2.27. The Morgan fingerprint density at radius 2 is 1.80 bits per heavy atom. The van der Waals surface area contributed by atoms with Gasteiger partial charge in [-0.15, -0.1) is 5.10 Å². The van der Waals surface area contributed by atoms with Crippen molar-refractivity contribution in [2.45, 2.75) is 53.4 Å². The zero-order valence-corrected chi connectivity index (χ0v) is 24.5. The van der Waals surface area contributed by atoms with E-state index >= 15 is 0 Å². The van der Waals surface area contributed by atoms with Crippen molar-refractivity contribution in [2.75, 3.05) is 37.6 Å². The van der Waals surface area contributed by atoms with Crippen molar-refractivity contribution in [2.24, 2.45) is 5.92 Å². The van der Waals surface area contributed by atoms with Crippen LogP contribution in [0.3, 0.4) is 0 Å². The molecule has 0 bridgehead atoms. The maximum atomic E-state index is 13.0. The van der Waals surface area contributed by atoms with Gasteiger partial charge in [-0.05, 0) is 48.2 Å². The third kappa shape index (κ3) is 6.33. The van der Waals surface area contributed by atoms with E-state index in [0.717, 1.165) is 72.2 Å². The van der Waals surface area contributed by atoms with Crippen molar-refractivity contribution < 1.29 is 9.21 Å². The number of nitrogens with zero attached hydrogens (tertiary/aromatic N) is 6. The first-order valence-corrected chi connectivity index (χ1v) is 14.2. The summed E-state index contributed by atoms with van der Waals surface area (Å²) in [6, 6.07) is 11.8. The number of furan rings is 1. The van der Waals surface area contributed by atoms with Gasteiger partial charge in [0.05, 0.1) is 23.8 Å². The summed E-state index contributed by atoms with van der Waals surface area (Å²) in [6.07, 6.45) is 5.95. The molecule has 0 atom stereocenters. The molecule has 1 aromatic carbocycles. The Labute approximate surface area is 237 Å². The number of aryl methyl sites for hydroxylation is 1. The van der Waals surface area contributed by atoms with Crippen molar-refractivity contribution >= 4 is 11.5 Å². The molecule has 4 aromatic rings. The number of anilines is 1. The molecule has 1 aliphatic rings. The van der Waals surface area contributed by atoms with E-state index in [1.807, 2.05) is 49.8 Å². The lowest BCUT2D eigenvalue weighted by Gasteiger charge is -2.36. The van der Waals surface area contributed by atoms with Gasteiger partial charge in [-0.3, -0.25) is 14.7 Å². The molecule has 8 nitrogen and oxygen atoms in total. The summed E-state index contributed by atoms with van der Waals surface area (Å²) in [6.45, 7) is 18.0. The van der Waals surface area contributed by atoms with Crippen molar-refractivity contribution in [3.05, 3.63) is 77.6 Å². The van der Waals surface area contributed by atoms with Gasteiger partial charge < -0.3 is 9.32 Å². The average Bonchev–Trinajstić information content (AvgIpc) is 3.61. The first kappa shape index (κ1) is 27.8. The molecule has 40 heavy (non-hydrogen) atoms. The van der Waals surface area contributed by atoms with Crippen LogP contribution < -0.4 is 4.90 Å². The molecule has 1 saturated heterocycles. The Kier molecular flexibility index (Phi) is 7.90. The number of ketones is 1. The van der Waals surface area contributed by atoms with Crippen LogP contribution in [-0.2, 0) is 11.8 Å². The third-order valence-electron chi connectivity index (χ3n) is 7.38. The molecule has 1 fully saturated rings. The molecule has 0 saturated carbocycles. The minimum atomic E-state index is -0.141. The number of piperazine rings is 1. The van der Waals surface area contributed by atoms with Crippen LogP contribution in [0.2, 0.25) is 0 Å². The summed E-state index contributed by atoms with van der Waals surface area (Å²) in [5, 5.41) is 8.89. The summed E-state index contributed by atoms with van der Waals surface area (Å²) < 4.78 is 7.64. The summed E-state index contributed by atoms with van der Waals surface area (Å²) >= 11 is 0. The Balaban J connectivity index is 1.30. The lowest BCUT2D eigenvalue weighted by molar-refractivity contribution is 0.0963. The monoisotopic (exact) mass is 540 g/mol. The Morgan fingerprint density at radius 3 is 2.50 bits per heavy atom. The quantitative estimate of drug-likeness (QED) is 0.264. The van der Waals surface area contributed by atoms with Crippen molar-refractivity contribution in [1.82, 2.24) is 24.9 Å². The molecular formula is C32H40N6O2. The second kappa shape index (κ2) is 11.4. The van der Waals surface area contributed by atoms with Gasteiger partial charge in [0.15, 0.2) is 5.76 Å². The van der Waals surface area contributed by atoms with Crippen LogP contribution in [0.5, 0.6) is 0 Å². The van der Waals surface area contributed by atoms with Crippen molar-refractivity contribution in [3.8, 4) is 16.9 Å². The summed E-state index contributed by atoms with van der Waals surface area (Å²) in [7, 11) is 0. The number of benzene rings is 1. The van der Waals surface area contributed by atoms with Gasteiger partial charge in [-0.25, -0.2) is 4.68 Å². The highest BCUT2D eigenvalue weighted by Gasteiger charge is 2.21. The molecule has 210 valence electrons. The van der Waals surface area contributed by atoms with Gasteiger partial charge in [0, 0.05) is 56.3 Å². The van der Waals surface area contributed by atoms with E-state index in [1.54, 1.807) is 10.7 Å². The lowest BCUT2D eigenvalue weighted by atomic mass is 9.94. The Hall–Kier alpha value is -3.78. The Bertz CT molecular complexity index is 1470. The topological polar surface area (TPSA) is 80.3 Å². The maximum Gasteiger partial charge on any atom is 0.202 e. The minimum absolute atomic E-state index is 0.0440. The van der Waals surface area contributed by atoms with E-state index in [4.69, 9.17) is 4.42 Å². The van der Waals surface area contributed by atoms with Gasteiger partial charge >= 0.3 is 0 Å². The van der Waals surface area contributed by atoms with Crippen LogP contribution in [0.15, 0.2) is 59.4 Å². The van der Waals surface area contributed by atoms with Gasteiger partial charge in [0.25, 0.3) is 0 Å². The van der Waals surface area contributed by atoms with Crippen LogP contribution >= 0.6 is 0 Å². The molecule has 0 radical (unpaired) electrons. The van der Waals surface area contributed by atoms with E-state index in [-0.39, 0.29) is 17.6 Å². The molecular weight excluding hydrogens is 500 g/mol. The first-order valence-electron chi connectivity index (χ1n) is 14.2. The maximum absolute atomic E-state index is 13.0. The first-order chi connectivity index (χ1) is 19.1. The number of rotatable bonds is 8. The van der Waals surface area contributed by atoms with Gasteiger partial charge in [-0.2, -0.15) is 0 Å². The lowest BCUT2D eigenvalue weighted by Crippen LogP contribution is -2.47. The van der Waals surface area contributed by atoms with Crippen LogP contribution in [0.4, 0.5) is 5.69 Å². The fourth-order valence-electron chi connectivity index (χ4n) is 5.13. The van der Waals surface area contributed by atoms with Crippen LogP contribution in [0, 0.1) is 12.8 Å². The average molecular weight is 541 g/mol. The van der Waals surface area contributed by atoms with Crippen LogP contribution in [-0.4, -0.2) is 63.4 Å². The van der Waals surface area contributed by atoms with E-state index in [9.17, 15) is 4.79 Å². The zero-order valence-electron chi connectivity index (χ0n) is 24.5. The standard InChI is InChI=1S/C32H40N6O2/c1-22(2)20-36-11-13-37(14-12-36)26-17-25(18-33-19-26)27-21-38(35-34-27)28-15-24(8-7-23(28)3)16-29(39)30-9-10-31(40-30)32(4,5)6/h7-10,15,17-19,21-22H,11-14,16,20H2,1-6H3. The number of pyridine rings is 1. The molecule has 4 heterocycles. The fourth-order valence-corrected chi connectivity index (χ4v) is 5.13. The van der Waals surface area contributed by atoms with Crippen LogP contribution in [0.1, 0.15) is 62.1 Å². The van der Waals surface area contributed by atoms with E-state index < -0.39 is 0 Å². The van der Waals surface area contributed by atoms with E-state index in [1.165, 1.54) is 0 Å². The molecule has 0 amide bonds. The minimum Gasteiger partial charge on any atom is -0.457 e. The largest absolute Gasteiger partial charge is 0.457 e. The Morgan fingerprint density at radius 1 is 1.02 bits per heavy atom. The number of hydrogen-bond donors (Lipinski definition) is 0. The predicted molar refractivity (Wildman–Crippen MR) is 158 cm³/mol. The van der Waals surface area contributed by atoms with Gasteiger partial charge in [0.1, 0.15) is 11.5 Å². The number of hydrogen-bond acceptors (Lipinski definition) is 7. The molecule has 0 unspecified atom stereocenters. The molecule has 0 aliphatic carbocycles. The second-order valence-corrected chi connectivity index (χ2v) is 12.3. The van der Waals surface area contributed by atoms with Crippen LogP contribution in [0.25, 0.3) is 16.9 Å². The normalized spacial score (nSPS) is 14.7. The zero-order chi connectivity index (χ0) is 28.4. The SMILES string of the molecule is Cc1ccc(CC(=O)c2ccc(C(C)(C)C)o2)cc1-n1cc(-c2cncc(N3CCN(CC(C)C)CC3)c2)nn1. The fraction of sp³-hybridized carbons (Fsp3) is 0.438. The molecule has 3 aromatic heterocycles. The van der Waals surface area contributed by atoms with Gasteiger partial charge in [0.2, 0.25) is 5.78 Å². The molecule has 0 spiro atoms. The number of carbonyl (C=O) groups excluding carboxylic acids is 1. The number of carbonyl (C=O) groups is 1.